The highest BCUT2D eigenvalue weighted by atomic mass is 16.5. The molecule has 2 aliphatic rings. The number of rotatable bonds is 5. The van der Waals surface area contributed by atoms with E-state index in [1.807, 2.05) is 31.6 Å². The molecule has 4 aromatic rings. The van der Waals surface area contributed by atoms with E-state index >= 15 is 0 Å². The fourth-order valence-electron chi connectivity index (χ4n) is 5.08. The van der Waals surface area contributed by atoms with Crippen molar-refractivity contribution in [1.82, 2.24) is 24.3 Å². The third-order valence-electron chi connectivity index (χ3n) is 7.24. The first-order chi connectivity index (χ1) is 17.6. The number of pyridine rings is 2. The van der Waals surface area contributed by atoms with Crippen LogP contribution in [0.3, 0.4) is 0 Å². The van der Waals surface area contributed by atoms with Crippen molar-refractivity contribution in [3.63, 3.8) is 0 Å². The van der Waals surface area contributed by atoms with Crippen molar-refractivity contribution in [3.8, 4) is 22.5 Å². The van der Waals surface area contributed by atoms with Gasteiger partial charge in [-0.2, -0.15) is 0 Å². The average molecular weight is 485 g/mol. The van der Waals surface area contributed by atoms with E-state index in [0.29, 0.717) is 18.0 Å². The predicted molar refractivity (Wildman–Crippen MR) is 141 cm³/mol. The molecular weight excluding hydrogens is 452 g/mol. The van der Waals surface area contributed by atoms with Crippen LogP contribution in [0.15, 0.2) is 49.1 Å². The molecule has 2 fully saturated rings. The number of hydrogen-bond donors (Lipinski definition) is 2. The SMILES string of the molecule is Cc1cnc(N[C@H]2CC[C@H](N)CC2)nc1-c1cnc2ccc(-c3ccc(N4CCOCC4)nc3)cn12. The number of aryl methyl sites for hydroxylation is 1. The Morgan fingerprint density at radius 3 is 2.50 bits per heavy atom. The molecule has 1 saturated carbocycles. The maximum atomic E-state index is 6.07. The quantitative estimate of drug-likeness (QED) is 0.442. The Kier molecular flexibility index (Phi) is 6.25. The Bertz CT molecular complexity index is 1340. The minimum Gasteiger partial charge on any atom is -0.378 e. The summed E-state index contributed by atoms with van der Waals surface area (Å²) in [6, 6.07) is 9.02. The minimum atomic E-state index is 0.315. The van der Waals surface area contributed by atoms with Gasteiger partial charge in [-0.15, -0.1) is 0 Å². The lowest BCUT2D eigenvalue weighted by Crippen LogP contribution is -2.36. The molecule has 6 rings (SSSR count). The van der Waals surface area contributed by atoms with Gasteiger partial charge in [0.2, 0.25) is 5.95 Å². The summed E-state index contributed by atoms with van der Waals surface area (Å²) in [5, 5.41) is 3.52. The zero-order valence-corrected chi connectivity index (χ0v) is 20.6. The van der Waals surface area contributed by atoms with E-state index < -0.39 is 0 Å². The lowest BCUT2D eigenvalue weighted by molar-refractivity contribution is 0.122. The summed E-state index contributed by atoms with van der Waals surface area (Å²) in [7, 11) is 0. The molecule has 0 atom stereocenters. The van der Waals surface area contributed by atoms with Gasteiger partial charge >= 0.3 is 0 Å². The number of hydrogen-bond acceptors (Lipinski definition) is 8. The van der Waals surface area contributed by atoms with Crippen LogP contribution in [0.5, 0.6) is 0 Å². The Hall–Kier alpha value is -3.56. The van der Waals surface area contributed by atoms with Crippen LogP contribution in [-0.2, 0) is 4.74 Å². The topological polar surface area (TPSA) is 106 Å². The van der Waals surface area contributed by atoms with Crippen LogP contribution in [0, 0.1) is 6.92 Å². The number of morpholine rings is 1. The molecule has 0 spiro atoms. The first kappa shape index (κ1) is 22.9. The van der Waals surface area contributed by atoms with Crippen molar-refractivity contribution >= 4 is 17.4 Å². The molecule has 1 aliphatic heterocycles. The normalized spacial score (nSPS) is 20.6. The monoisotopic (exact) mass is 484 g/mol. The van der Waals surface area contributed by atoms with E-state index in [9.17, 15) is 0 Å². The summed E-state index contributed by atoms with van der Waals surface area (Å²) in [4.78, 5) is 21.1. The van der Waals surface area contributed by atoms with Crippen LogP contribution in [-0.4, -0.2) is 62.7 Å². The first-order valence-electron chi connectivity index (χ1n) is 12.8. The summed E-state index contributed by atoms with van der Waals surface area (Å²) in [5.74, 6) is 1.65. The maximum absolute atomic E-state index is 6.07. The summed E-state index contributed by atoms with van der Waals surface area (Å²) in [6.45, 7) is 5.28. The molecule has 1 aliphatic carbocycles. The Labute approximate surface area is 210 Å². The van der Waals surface area contributed by atoms with Gasteiger partial charge in [-0.1, -0.05) is 0 Å². The number of aromatic nitrogens is 5. The van der Waals surface area contributed by atoms with Crippen molar-refractivity contribution in [1.29, 1.82) is 0 Å². The second kappa shape index (κ2) is 9.83. The molecule has 9 nitrogen and oxygen atoms in total. The van der Waals surface area contributed by atoms with E-state index in [-0.39, 0.29) is 0 Å². The standard InChI is InChI=1S/C27H32N8O/c1-18-14-31-27(32-22-6-4-21(28)5-7-22)33-26(18)23-16-30-25-9-3-20(17-35(23)25)19-2-8-24(29-15-19)34-10-12-36-13-11-34/h2-3,8-9,14-17,21-22H,4-7,10-13,28H2,1H3,(H,31,32,33)/t21-,22-. The molecule has 4 aromatic heterocycles. The van der Waals surface area contributed by atoms with Crippen LogP contribution in [0.2, 0.25) is 0 Å². The van der Waals surface area contributed by atoms with Crippen molar-refractivity contribution in [2.45, 2.75) is 44.7 Å². The van der Waals surface area contributed by atoms with Gasteiger partial charge in [0, 0.05) is 54.9 Å². The highest BCUT2D eigenvalue weighted by molar-refractivity contribution is 5.69. The van der Waals surface area contributed by atoms with Crippen LogP contribution >= 0.6 is 0 Å². The third-order valence-corrected chi connectivity index (χ3v) is 7.24. The lowest BCUT2D eigenvalue weighted by Gasteiger charge is -2.27. The number of imidazole rings is 1. The first-order valence-corrected chi connectivity index (χ1v) is 12.8. The molecule has 36 heavy (non-hydrogen) atoms. The largest absolute Gasteiger partial charge is 0.378 e. The Balaban J connectivity index is 1.28. The summed E-state index contributed by atoms with van der Waals surface area (Å²) in [6.07, 6.45) is 12.0. The molecule has 0 amide bonds. The van der Waals surface area contributed by atoms with Gasteiger partial charge in [-0.05, 0) is 62.4 Å². The van der Waals surface area contributed by atoms with E-state index in [4.69, 9.17) is 20.4 Å². The van der Waals surface area contributed by atoms with Crippen LogP contribution in [0.25, 0.3) is 28.2 Å². The highest BCUT2D eigenvalue weighted by Crippen LogP contribution is 2.28. The second-order valence-electron chi connectivity index (χ2n) is 9.78. The number of nitrogens with two attached hydrogens (primary N) is 1. The fourth-order valence-corrected chi connectivity index (χ4v) is 5.08. The molecule has 9 heteroatoms. The van der Waals surface area contributed by atoms with Gasteiger partial charge in [0.25, 0.3) is 0 Å². The Morgan fingerprint density at radius 2 is 1.72 bits per heavy atom. The maximum Gasteiger partial charge on any atom is 0.223 e. The number of nitrogens with zero attached hydrogens (tertiary/aromatic N) is 6. The number of anilines is 2. The molecule has 0 bridgehead atoms. The van der Waals surface area contributed by atoms with Crippen molar-refractivity contribution in [2.24, 2.45) is 5.73 Å². The van der Waals surface area contributed by atoms with E-state index in [1.54, 1.807) is 0 Å². The zero-order valence-electron chi connectivity index (χ0n) is 20.6. The van der Waals surface area contributed by atoms with Gasteiger partial charge in [0.15, 0.2) is 0 Å². The smallest absolute Gasteiger partial charge is 0.223 e. The lowest BCUT2D eigenvalue weighted by atomic mass is 9.92. The second-order valence-corrected chi connectivity index (χ2v) is 9.78. The van der Waals surface area contributed by atoms with Gasteiger partial charge < -0.3 is 20.7 Å². The van der Waals surface area contributed by atoms with Crippen LogP contribution < -0.4 is 16.0 Å². The van der Waals surface area contributed by atoms with E-state index in [1.165, 1.54) is 0 Å². The molecule has 186 valence electrons. The van der Waals surface area contributed by atoms with Gasteiger partial charge in [0.1, 0.15) is 11.5 Å². The van der Waals surface area contributed by atoms with Gasteiger partial charge in [0.05, 0.1) is 30.8 Å². The predicted octanol–water partition coefficient (Wildman–Crippen LogP) is 3.68. The van der Waals surface area contributed by atoms with Crippen molar-refractivity contribution < 1.29 is 4.74 Å². The van der Waals surface area contributed by atoms with Crippen LogP contribution in [0.4, 0.5) is 11.8 Å². The molecular formula is C27H32N8O. The van der Waals surface area contributed by atoms with Crippen LogP contribution in [0.1, 0.15) is 31.2 Å². The van der Waals surface area contributed by atoms with Gasteiger partial charge in [-0.3, -0.25) is 4.40 Å². The molecule has 5 heterocycles. The van der Waals surface area contributed by atoms with Crippen molar-refractivity contribution in [3.05, 3.63) is 54.6 Å². The molecule has 0 aromatic carbocycles. The molecule has 0 radical (unpaired) electrons. The van der Waals surface area contributed by atoms with Gasteiger partial charge in [-0.25, -0.2) is 19.9 Å². The number of fused-ring (bicyclic) bond motifs is 1. The zero-order chi connectivity index (χ0) is 24.5. The van der Waals surface area contributed by atoms with Crippen molar-refractivity contribution in [2.75, 3.05) is 36.5 Å². The minimum absolute atomic E-state index is 0.315. The molecule has 3 N–H and O–H groups in total. The highest BCUT2D eigenvalue weighted by Gasteiger charge is 2.20. The average Bonchev–Trinajstić information content (AvgIpc) is 3.35. The Morgan fingerprint density at radius 1 is 0.917 bits per heavy atom. The number of nitrogens with one attached hydrogen (secondary N) is 1. The summed E-state index contributed by atoms with van der Waals surface area (Å²) < 4.78 is 7.56. The molecule has 0 unspecified atom stereocenters. The summed E-state index contributed by atoms with van der Waals surface area (Å²) in [5.41, 5.74) is 11.9. The van der Waals surface area contributed by atoms with E-state index in [2.05, 4.69) is 49.0 Å². The number of ether oxygens (including phenoxy) is 1. The molecule has 1 saturated heterocycles. The van der Waals surface area contributed by atoms with E-state index in [0.717, 1.165) is 91.5 Å². The summed E-state index contributed by atoms with van der Waals surface area (Å²) >= 11 is 0. The fraction of sp³-hybridized carbons (Fsp3) is 0.407. The third kappa shape index (κ3) is 4.64.